The van der Waals surface area contributed by atoms with E-state index in [0.29, 0.717) is 18.1 Å². The smallest absolute Gasteiger partial charge is 0.297 e. The van der Waals surface area contributed by atoms with Crippen LogP contribution in [0.25, 0.3) is 0 Å². The minimum absolute atomic E-state index is 0.151. The molecule has 0 fully saturated rings. The molecule has 0 saturated carbocycles. The van der Waals surface area contributed by atoms with Crippen molar-refractivity contribution in [2.75, 3.05) is 19.0 Å². The van der Waals surface area contributed by atoms with Gasteiger partial charge in [0, 0.05) is 19.2 Å². The summed E-state index contributed by atoms with van der Waals surface area (Å²) in [4.78, 5) is 6.17. The number of oxazole rings is 1. The molecule has 1 atom stereocenters. The van der Waals surface area contributed by atoms with Gasteiger partial charge in [-0.3, -0.25) is 0 Å². The van der Waals surface area contributed by atoms with Crippen LogP contribution in [0.1, 0.15) is 24.2 Å². The summed E-state index contributed by atoms with van der Waals surface area (Å²) in [6.45, 7) is 2.56. The normalized spacial score (nSPS) is 12.4. The van der Waals surface area contributed by atoms with Crippen LogP contribution >= 0.6 is 0 Å². The minimum Gasteiger partial charge on any atom is -0.432 e. The lowest BCUT2D eigenvalue weighted by atomic mass is 10.1. The van der Waals surface area contributed by atoms with Crippen molar-refractivity contribution in [3.63, 3.8) is 0 Å². The highest BCUT2D eigenvalue weighted by molar-refractivity contribution is 5.33. The van der Waals surface area contributed by atoms with E-state index in [4.69, 9.17) is 4.42 Å². The molecule has 0 saturated heterocycles. The number of nitrogens with one attached hydrogen (secondary N) is 1. The highest BCUT2D eigenvalue weighted by atomic mass is 19.1. The molecule has 1 heterocycles. The summed E-state index contributed by atoms with van der Waals surface area (Å²) in [6.07, 6.45) is 1.61. The lowest BCUT2D eigenvalue weighted by Gasteiger charge is -2.23. The molecule has 0 spiro atoms. The molecule has 2 aromatic rings. The largest absolute Gasteiger partial charge is 0.432 e. The third-order valence-corrected chi connectivity index (χ3v) is 3.14. The van der Waals surface area contributed by atoms with Crippen LogP contribution in [0.3, 0.4) is 0 Å². The average Bonchev–Trinajstić information content (AvgIpc) is 2.87. The molecule has 5 heteroatoms. The van der Waals surface area contributed by atoms with E-state index in [1.807, 2.05) is 32.0 Å². The maximum absolute atomic E-state index is 13.8. The molecule has 0 aliphatic rings. The molecule has 0 radical (unpaired) electrons. The number of rotatable bonds is 5. The van der Waals surface area contributed by atoms with E-state index in [9.17, 15) is 4.39 Å². The van der Waals surface area contributed by atoms with Gasteiger partial charge in [0.2, 0.25) is 0 Å². The van der Waals surface area contributed by atoms with E-state index in [1.54, 1.807) is 18.4 Å². The fourth-order valence-electron chi connectivity index (χ4n) is 1.91. The Labute approximate surface area is 112 Å². The Bertz CT molecular complexity index is 541. The van der Waals surface area contributed by atoms with Crippen LogP contribution in [0.2, 0.25) is 0 Å². The average molecular weight is 263 g/mol. The number of hydrogen-bond donors (Lipinski definition) is 1. The minimum atomic E-state index is -0.219. The number of nitrogens with zero attached hydrogens (tertiary/aromatic N) is 2. The molecule has 2 rings (SSSR count). The van der Waals surface area contributed by atoms with E-state index in [-0.39, 0.29) is 11.9 Å². The molecule has 1 N–H and O–H groups in total. The van der Waals surface area contributed by atoms with Crippen molar-refractivity contribution in [2.24, 2.45) is 0 Å². The zero-order valence-corrected chi connectivity index (χ0v) is 11.4. The van der Waals surface area contributed by atoms with Crippen LogP contribution in [0.15, 0.2) is 34.9 Å². The highest BCUT2D eigenvalue weighted by Gasteiger charge is 2.19. The van der Waals surface area contributed by atoms with Gasteiger partial charge in [-0.1, -0.05) is 18.2 Å². The molecule has 1 aromatic carbocycles. The topological polar surface area (TPSA) is 41.3 Å². The first-order valence-electron chi connectivity index (χ1n) is 6.19. The van der Waals surface area contributed by atoms with Crippen LogP contribution in [-0.4, -0.2) is 19.1 Å². The summed E-state index contributed by atoms with van der Waals surface area (Å²) in [6, 6.07) is 7.07. The zero-order valence-electron chi connectivity index (χ0n) is 11.4. The highest BCUT2D eigenvalue weighted by Crippen LogP contribution is 2.26. The van der Waals surface area contributed by atoms with Gasteiger partial charge < -0.3 is 14.6 Å². The van der Waals surface area contributed by atoms with Crippen LogP contribution in [0.4, 0.5) is 10.4 Å². The number of aromatic nitrogens is 1. The number of anilines is 1. The third kappa shape index (κ3) is 2.93. The zero-order chi connectivity index (χ0) is 13.8. The van der Waals surface area contributed by atoms with Gasteiger partial charge in [0.1, 0.15) is 12.1 Å². The first kappa shape index (κ1) is 13.5. The van der Waals surface area contributed by atoms with E-state index in [1.165, 1.54) is 6.07 Å². The Balaban J connectivity index is 2.18. The first-order chi connectivity index (χ1) is 9.13. The van der Waals surface area contributed by atoms with Crippen molar-refractivity contribution in [1.82, 2.24) is 10.3 Å². The predicted octanol–water partition coefficient (Wildman–Crippen LogP) is 2.73. The summed E-state index contributed by atoms with van der Waals surface area (Å²) in [5.74, 6) is -0.219. The van der Waals surface area contributed by atoms with Gasteiger partial charge in [0.15, 0.2) is 0 Å². The van der Waals surface area contributed by atoms with Crippen molar-refractivity contribution in [1.29, 1.82) is 0 Å². The SMILES string of the molecule is CNCc1coc(N(C)C(C)c2ccccc2F)n1. The Morgan fingerprint density at radius 2 is 2.16 bits per heavy atom. The molecule has 0 aliphatic heterocycles. The summed E-state index contributed by atoms with van der Waals surface area (Å²) < 4.78 is 19.2. The monoisotopic (exact) mass is 263 g/mol. The molecule has 1 unspecified atom stereocenters. The Morgan fingerprint density at radius 3 is 2.84 bits per heavy atom. The van der Waals surface area contributed by atoms with Gasteiger partial charge in [0.05, 0.1) is 11.7 Å². The second-order valence-electron chi connectivity index (χ2n) is 4.46. The molecule has 0 aliphatic carbocycles. The van der Waals surface area contributed by atoms with Crippen molar-refractivity contribution in [3.05, 3.63) is 47.6 Å². The van der Waals surface area contributed by atoms with E-state index < -0.39 is 0 Å². The van der Waals surface area contributed by atoms with Gasteiger partial charge in [-0.05, 0) is 20.0 Å². The molecule has 4 nitrogen and oxygen atoms in total. The maximum atomic E-state index is 13.8. The van der Waals surface area contributed by atoms with E-state index in [0.717, 1.165) is 5.69 Å². The second kappa shape index (κ2) is 5.84. The van der Waals surface area contributed by atoms with Gasteiger partial charge in [0.25, 0.3) is 6.01 Å². The molecular formula is C14H18FN3O. The van der Waals surface area contributed by atoms with Crippen LogP contribution in [0.5, 0.6) is 0 Å². The molecular weight excluding hydrogens is 245 g/mol. The maximum Gasteiger partial charge on any atom is 0.297 e. The van der Waals surface area contributed by atoms with E-state index >= 15 is 0 Å². The second-order valence-corrected chi connectivity index (χ2v) is 4.46. The van der Waals surface area contributed by atoms with Crippen molar-refractivity contribution in [2.45, 2.75) is 19.5 Å². The van der Waals surface area contributed by atoms with Gasteiger partial charge >= 0.3 is 0 Å². The molecule has 1 aromatic heterocycles. The molecule has 19 heavy (non-hydrogen) atoms. The Kier molecular flexibility index (Phi) is 4.16. The fourth-order valence-corrected chi connectivity index (χ4v) is 1.91. The first-order valence-corrected chi connectivity index (χ1v) is 6.19. The van der Waals surface area contributed by atoms with Crippen LogP contribution in [0, 0.1) is 5.82 Å². The number of hydrogen-bond acceptors (Lipinski definition) is 4. The lowest BCUT2D eigenvalue weighted by Crippen LogP contribution is -2.23. The van der Waals surface area contributed by atoms with Crippen molar-refractivity contribution >= 4 is 6.01 Å². The fraction of sp³-hybridized carbons (Fsp3) is 0.357. The van der Waals surface area contributed by atoms with E-state index in [2.05, 4.69) is 10.3 Å². The lowest BCUT2D eigenvalue weighted by molar-refractivity contribution is 0.515. The van der Waals surface area contributed by atoms with Crippen LogP contribution in [-0.2, 0) is 6.54 Å². The Morgan fingerprint density at radius 1 is 1.42 bits per heavy atom. The number of halogens is 1. The van der Waals surface area contributed by atoms with Crippen molar-refractivity contribution < 1.29 is 8.81 Å². The summed E-state index contributed by atoms with van der Waals surface area (Å²) in [5.41, 5.74) is 1.45. The van der Waals surface area contributed by atoms with Crippen LogP contribution < -0.4 is 10.2 Å². The summed E-state index contributed by atoms with van der Waals surface area (Å²) in [5, 5.41) is 3.01. The van der Waals surface area contributed by atoms with Gasteiger partial charge in [-0.25, -0.2) is 4.39 Å². The van der Waals surface area contributed by atoms with Gasteiger partial charge in [-0.15, -0.1) is 0 Å². The molecule has 102 valence electrons. The number of benzene rings is 1. The third-order valence-electron chi connectivity index (χ3n) is 3.14. The van der Waals surface area contributed by atoms with Crippen molar-refractivity contribution in [3.8, 4) is 0 Å². The van der Waals surface area contributed by atoms with Gasteiger partial charge in [-0.2, -0.15) is 4.98 Å². The predicted molar refractivity (Wildman–Crippen MR) is 72.5 cm³/mol. The standard InChI is InChI=1S/C14H18FN3O/c1-10(12-6-4-5-7-13(12)15)18(3)14-17-11(8-16-2)9-19-14/h4-7,9-10,16H,8H2,1-3H3. The summed E-state index contributed by atoms with van der Waals surface area (Å²) >= 11 is 0. The molecule has 0 amide bonds. The summed E-state index contributed by atoms with van der Waals surface area (Å²) in [7, 11) is 3.69. The Hall–Kier alpha value is -1.88. The molecule has 0 bridgehead atoms. The quantitative estimate of drug-likeness (QED) is 0.900.